The van der Waals surface area contributed by atoms with Crippen molar-refractivity contribution in [1.82, 2.24) is 9.55 Å². The van der Waals surface area contributed by atoms with E-state index in [1.54, 1.807) is 28.8 Å². The number of nitrogens with zero attached hydrogens (tertiary/aromatic N) is 2. The Morgan fingerprint density at radius 1 is 1.24 bits per heavy atom. The molecule has 0 aliphatic heterocycles. The van der Waals surface area contributed by atoms with Crippen molar-refractivity contribution in [2.45, 2.75) is 6.54 Å². The van der Waals surface area contributed by atoms with Crippen LogP contribution in [0.15, 0.2) is 47.5 Å². The molecule has 0 radical (unpaired) electrons. The molecule has 2 aromatic carbocycles. The summed E-state index contributed by atoms with van der Waals surface area (Å²) in [5, 5.41) is 0.233. The summed E-state index contributed by atoms with van der Waals surface area (Å²) in [7, 11) is 2.63. The van der Waals surface area contributed by atoms with Gasteiger partial charge in [0, 0.05) is 12.6 Å². The summed E-state index contributed by atoms with van der Waals surface area (Å²) in [6, 6.07) is 9.45. The summed E-state index contributed by atoms with van der Waals surface area (Å²) >= 11 is 0. The van der Waals surface area contributed by atoms with E-state index >= 15 is 0 Å². The zero-order valence-corrected chi connectivity index (χ0v) is 13.7. The number of carbonyl (C=O) groups is 1. The average molecular weight is 342 g/mol. The number of esters is 1. The summed E-state index contributed by atoms with van der Waals surface area (Å²) in [5.41, 5.74) is 0.937. The third kappa shape index (κ3) is 3.08. The molecule has 0 atom stereocenters. The maximum absolute atomic E-state index is 14.1. The summed E-state index contributed by atoms with van der Waals surface area (Å²) in [5.74, 6) is -1.09. The predicted molar refractivity (Wildman–Crippen MR) is 89.4 cm³/mol. The van der Waals surface area contributed by atoms with Gasteiger partial charge in [-0.1, -0.05) is 18.2 Å². The lowest BCUT2D eigenvalue weighted by molar-refractivity contribution is 0.0599. The van der Waals surface area contributed by atoms with Crippen LogP contribution in [0.25, 0.3) is 10.9 Å². The van der Waals surface area contributed by atoms with Crippen LogP contribution in [0.4, 0.5) is 4.39 Å². The molecule has 0 spiro atoms. The molecule has 6 nitrogen and oxygen atoms in total. The molecule has 128 valence electrons. The lowest BCUT2D eigenvalue weighted by Crippen LogP contribution is -2.15. The van der Waals surface area contributed by atoms with Crippen LogP contribution >= 0.6 is 0 Å². The highest BCUT2D eigenvalue weighted by atomic mass is 19.1. The highest BCUT2D eigenvalue weighted by molar-refractivity contribution is 5.91. The standard InChI is InChI=1S/C18H15FN2O4/c1-24-16-7-13-15(8-14(16)19)21(10-20-17(13)22)9-11-5-3-4-6-12(11)18(23)25-2/h3-8,10H,9H2,1-2H3. The third-order valence-electron chi connectivity index (χ3n) is 3.89. The fourth-order valence-electron chi connectivity index (χ4n) is 2.64. The van der Waals surface area contributed by atoms with Gasteiger partial charge in [0.15, 0.2) is 11.6 Å². The first-order chi connectivity index (χ1) is 12.0. The van der Waals surface area contributed by atoms with Crippen molar-refractivity contribution >= 4 is 16.9 Å². The Labute approximate surface area is 142 Å². The van der Waals surface area contributed by atoms with Gasteiger partial charge in [0.1, 0.15) is 0 Å². The average Bonchev–Trinajstić information content (AvgIpc) is 2.63. The molecule has 0 fully saturated rings. The highest BCUT2D eigenvalue weighted by Crippen LogP contribution is 2.23. The van der Waals surface area contributed by atoms with E-state index in [1.165, 1.54) is 32.7 Å². The summed E-state index contributed by atoms with van der Waals surface area (Å²) in [6.07, 6.45) is 1.32. The second-order valence-corrected chi connectivity index (χ2v) is 5.33. The van der Waals surface area contributed by atoms with Crippen LogP contribution in [0.2, 0.25) is 0 Å². The molecule has 0 amide bonds. The van der Waals surface area contributed by atoms with Crippen molar-refractivity contribution < 1.29 is 18.7 Å². The van der Waals surface area contributed by atoms with Crippen LogP contribution < -0.4 is 10.3 Å². The minimum atomic E-state index is -0.587. The number of halogens is 1. The van der Waals surface area contributed by atoms with Crippen LogP contribution in [0.3, 0.4) is 0 Å². The van der Waals surface area contributed by atoms with E-state index < -0.39 is 17.3 Å². The van der Waals surface area contributed by atoms with Crippen molar-refractivity contribution in [3.63, 3.8) is 0 Å². The van der Waals surface area contributed by atoms with E-state index in [-0.39, 0.29) is 17.7 Å². The van der Waals surface area contributed by atoms with Crippen LogP contribution in [-0.2, 0) is 11.3 Å². The van der Waals surface area contributed by atoms with E-state index in [1.807, 2.05) is 0 Å². The molecule has 0 saturated carbocycles. The van der Waals surface area contributed by atoms with Gasteiger partial charge in [-0.25, -0.2) is 9.18 Å². The van der Waals surface area contributed by atoms with Gasteiger partial charge in [-0.15, -0.1) is 0 Å². The summed E-state index contributed by atoms with van der Waals surface area (Å²) in [6.45, 7) is 0.223. The molecule has 3 rings (SSSR count). The smallest absolute Gasteiger partial charge is 0.338 e. The van der Waals surface area contributed by atoms with Crippen LogP contribution in [0.5, 0.6) is 5.75 Å². The second-order valence-electron chi connectivity index (χ2n) is 5.33. The molecule has 1 aromatic heterocycles. The number of benzene rings is 2. The largest absolute Gasteiger partial charge is 0.494 e. The highest BCUT2D eigenvalue weighted by Gasteiger charge is 2.14. The molecular formula is C18H15FN2O4. The molecule has 0 bridgehead atoms. The lowest BCUT2D eigenvalue weighted by atomic mass is 10.1. The first kappa shape index (κ1) is 16.6. The minimum absolute atomic E-state index is 0.0286. The molecule has 0 saturated heterocycles. The second kappa shape index (κ2) is 6.72. The number of aromatic nitrogens is 2. The van der Waals surface area contributed by atoms with Crippen molar-refractivity contribution in [1.29, 1.82) is 0 Å². The Kier molecular flexibility index (Phi) is 4.47. The van der Waals surface area contributed by atoms with Gasteiger partial charge in [-0.2, -0.15) is 4.98 Å². The molecule has 1 heterocycles. The van der Waals surface area contributed by atoms with Gasteiger partial charge in [0.2, 0.25) is 0 Å². The molecule has 7 heteroatoms. The summed E-state index contributed by atoms with van der Waals surface area (Å²) < 4.78 is 25.4. The Morgan fingerprint density at radius 3 is 2.72 bits per heavy atom. The van der Waals surface area contributed by atoms with Crippen molar-refractivity contribution in [3.05, 3.63) is 70.0 Å². The van der Waals surface area contributed by atoms with E-state index in [9.17, 15) is 14.0 Å². The number of carbonyl (C=O) groups excluding carboxylic acids is 1. The van der Waals surface area contributed by atoms with E-state index in [0.29, 0.717) is 16.6 Å². The third-order valence-corrected chi connectivity index (χ3v) is 3.89. The van der Waals surface area contributed by atoms with Gasteiger partial charge < -0.3 is 14.0 Å². The Hall–Kier alpha value is -3.22. The molecule has 0 N–H and O–H groups in total. The van der Waals surface area contributed by atoms with Crippen molar-refractivity contribution in [2.24, 2.45) is 0 Å². The molecule has 3 aromatic rings. The normalized spacial score (nSPS) is 10.7. The molecular weight excluding hydrogens is 327 g/mol. The van der Waals surface area contributed by atoms with Crippen LogP contribution in [0, 0.1) is 5.82 Å². The quantitative estimate of drug-likeness (QED) is 0.681. The number of methoxy groups -OCH3 is 2. The maximum atomic E-state index is 14.1. The predicted octanol–water partition coefficient (Wildman–Crippen LogP) is 2.38. The Balaban J connectivity index is 2.15. The zero-order chi connectivity index (χ0) is 18.0. The molecule has 0 unspecified atom stereocenters. The van der Waals surface area contributed by atoms with Gasteiger partial charge in [0.25, 0.3) is 5.56 Å². The SMILES string of the molecule is COC(=O)c1ccccc1Cn1cnc(=O)c2cc(OC)c(F)cc21. The van der Waals surface area contributed by atoms with Gasteiger partial charge in [0.05, 0.1) is 37.0 Å². The van der Waals surface area contributed by atoms with Gasteiger partial charge >= 0.3 is 5.97 Å². The van der Waals surface area contributed by atoms with E-state index in [0.717, 1.165) is 0 Å². The lowest BCUT2D eigenvalue weighted by Gasteiger charge is -2.13. The monoisotopic (exact) mass is 342 g/mol. The van der Waals surface area contributed by atoms with E-state index in [2.05, 4.69) is 4.98 Å². The van der Waals surface area contributed by atoms with Crippen LogP contribution in [0.1, 0.15) is 15.9 Å². The van der Waals surface area contributed by atoms with E-state index in [4.69, 9.17) is 9.47 Å². The fourth-order valence-corrected chi connectivity index (χ4v) is 2.64. The Bertz CT molecular complexity index is 1010. The fraction of sp³-hybridized carbons (Fsp3) is 0.167. The number of rotatable bonds is 4. The number of fused-ring (bicyclic) bond motifs is 1. The number of ether oxygens (including phenoxy) is 2. The topological polar surface area (TPSA) is 70.4 Å². The number of hydrogen-bond donors (Lipinski definition) is 0. The van der Waals surface area contributed by atoms with Gasteiger partial charge in [-0.05, 0) is 17.7 Å². The van der Waals surface area contributed by atoms with Gasteiger partial charge in [-0.3, -0.25) is 4.79 Å². The first-order valence-electron chi connectivity index (χ1n) is 7.44. The Morgan fingerprint density at radius 2 is 2.00 bits per heavy atom. The van der Waals surface area contributed by atoms with Crippen LogP contribution in [-0.4, -0.2) is 29.7 Å². The van der Waals surface area contributed by atoms with Crippen molar-refractivity contribution in [2.75, 3.05) is 14.2 Å². The first-order valence-corrected chi connectivity index (χ1v) is 7.44. The maximum Gasteiger partial charge on any atom is 0.338 e. The molecule has 0 aliphatic carbocycles. The zero-order valence-electron chi connectivity index (χ0n) is 13.7. The number of hydrogen-bond acceptors (Lipinski definition) is 5. The summed E-state index contributed by atoms with van der Waals surface area (Å²) in [4.78, 5) is 27.7. The molecule has 0 aliphatic rings. The minimum Gasteiger partial charge on any atom is -0.494 e. The van der Waals surface area contributed by atoms with Crippen molar-refractivity contribution in [3.8, 4) is 5.75 Å². The molecule has 25 heavy (non-hydrogen) atoms.